The molecule has 0 unspecified atom stereocenters. The Kier molecular flexibility index (Phi) is 6.93. The van der Waals surface area contributed by atoms with Crippen molar-refractivity contribution in [1.82, 2.24) is 10.3 Å². The lowest BCUT2D eigenvalue weighted by molar-refractivity contribution is 0.170. The monoisotopic (exact) mass is 258 g/mol. The summed E-state index contributed by atoms with van der Waals surface area (Å²) in [5, 5.41) is 3.88. The molecule has 1 rings (SSSR count). The predicted molar refractivity (Wildman–Crippen MR) is 68.6 cm³/mol. The van der Waals surface area contributed by atoms with Gasteiger partial charge in [0, 0.05) is 38.9 Å². The van der Waals surface area contributed by atoms with Gasteiger partial charge in [-0.3, -0.25) is 0 Å². The molecule has 0 atom stereocenters. The molecule has 5 heteroatoms. The fraction of sp³-hybridized carbons (Fsp3) is 0.583. The third-order valence-electron chi connectivity index (χ3n) is 2.22. The molecular formula is C12H19ClN2O2. The lowest BCUT2D eigenvalue weighted by Gasteiger charge is -2.08. The van der Waals surface area contributed by atoms with Gasteiger partial charge < -0.3 is 14.8 Å². The van der Waals surface area contributed by atoms with E-state index in [0.717, 1.165) is 25.1 Å². The van der Waals surface area contributed by atoms with E-state index in [1.807, 2.05) is 6.07 Å². The quantitative estimate of drug-likeness (QED) is 0.727. The fourth-order valence-electron chi connectivity index (χ4n) is 1.31. The number of methoxy groups -OCH3 is 1. The Hall–Kier alpha value is -0.840. The van der Waals surface area contributed by atoms with E-state index in [-0.39, 0.29) is 0 Å². The molecule has 0 aliphatic rings. The average molecular weight is 259 g/mol. The average Bonchev–Trinajstić information content (AvgIpc) is 2.35. The van der Waals surface area contributed by atoms with E-state index >= 15 is 0 Å². The van der Waals surface area contributed by atoms with E-state index in [9.17, 15) is 0 Å². The highest BCUT2D eigenvalue weighted by atomic mass is 35.5. The maximum atomic E-state index is 6.04. The second-order valence-corrected chi connectivity index (χ2v) is 4.00. The summed E-state index contributed by atoms with van der Waals surface area (Å²) in [4.78, 5) is 4.12. The summed E-state index contributed by atoms with van der Waals surface area (Å²) in [6.07, 6.45) is 2.48. The standard InChI is InChI=1S/C12H19ClN2O2/c1-3-14-8-10-7-12(15-9-11(10)13)17-6-4-5-16-2/h7,9,14H,3-6,8H2,1-2H3. The molecule has 0 amide bonds. The molecular weight excluding hydrogens is 240 g/mol. The van der Waals surface area contributed by atoms with Gasteiger partial charge in [-0.25, -0.2) is 4.98 Å². The molecule has 1 heterocycles. The van der Waals surface area contributed by atoms with E-state index in [1.165, 1.54) is 0 Å². The maximum Gasteiger partial charge on any atom is 0.213 e. The van der Waals surface area contributed by atoms with Gasteiger partial charge in [-0.1, -0.05) is 18.5 Å². The normalized spacial score (nSPS) is 10.5. The SMILES string of the molecule is CCNCc1cc(OCCCOC)ncc1Cl. The lowest BCUT2D eigenvalue weighted by Crippen LogP contribution is -2.12. The lowest BCUT2D eigenvalue weighted by atomic mass is 10.2. The van der Waals surface area contributed by atoms with Gasteiger partial charge in [0.15, 0.2) is 0 Å². The van der Waals surface area contributed by atoms with E-state index in [1.54, 1.807) is 13.3 Å². The van der Waals surface area contributed by atoms with Gasteiger partial charge in [0.25, 0.3) is 0 Å². The highest BCUT2D eigenvalue weighted by Gasteiger charge is 2.03. The maximum absolute atomic E-state index is 6.04. The summed E-state index contributed by atoms with van der Waals surface area (Å²) in [7, 11) is 1.68. The van der Waals surface area contributed by atoms with Crippen LogP contribution in [-0.4, -0.2) is 31.9 Å². The first kappa shape index (κ1) is 14.2. The molecule has 0 bridgehead atoms. The van der Waals surface area contributed by atoms with E-state index < -0.39 is 0 Å². The second-order valence-electron chi connectivity index (χ2n) is 3.59. The van der Waals surface area contributed by atoms with Gasteiger partial charge >= 0.3 is 0 Å². The van der Waals surface area contributed by atoms with Crippen LogP contribution in [0.4, 0.5) is 0 Å². The number of halogens is 1. The van der Waals surface area contributed by atoms with Crippen molar-refractivity contribution in [1.29, 1.82) is 0 Å². The van der Waals surface area contributed by atoms with Crippen LogP contribution >= 0.6 is 11.6 Å². The largest absolute Gasteiger partial charge is 0.478 e. The number of nitrogens with zero attached hydrogens (tertiary/aromatic N) is 1. The summed E-state index contributed by atoms with van der Waals surface area (Å²) in [5.74, 6) is 0.610. The summed E-state index contributed by atoms with van der Waals surface area (Å²) in [6, 6.07) is 1.87. The van der Waals surface area contributed by atoms with Crippen LogP contribution in [0, 0.1) is 0 Å². The zero-order chi connectivity index (χ0) is 12.5. The van der Waals surface area contributed by atoms with Crippen LogP contribution in [0.15, 0.2) is 12.3 Å². The van der Waals surface area contributed by atoms with Crippen LogP contribution in [0.5, 0.6) is 5.88 Å². The van der Waals surface area contributed by atoms with Crippen LogP contribution in [0.25, 0.3) is 0 Å². The van der Waals surface area contributed by atoms with Crippen molar-refractivity contribution in [3.8, 4) is 5.88 Å². The molecule has 1 N–H and O–H groups in total. The van der Waals surface area contributed by atoms with Crippen LogP contribution in [0.2, 0.25) is 5.02 Å². The van der Waals surface area contributed by atoms with Crippen LogP contribution < -0.4 is 10.1 Å². The van der Waals surface area contributed by atoms with Crippen molar-refractivity contribution in [3.05, 3.63) is 22.8 Å². The second kappa shape index (κ2) is 8.28. The highest BCUT2D eigenvalue weighted by Crippen LogP contribution is 2.19. The smallest absolute Gasteiger partial charge is 0.213 e. The van der Waals surface area contributed by atoms with E-state index in [4.69, 9.17) is 21.1 Å². The molecule has 1 aromatic heterocycles. The molecule has 0 aromatic carbocycles. The number of hydrogen-bond acceptors (Lipinski definition) is 4. The van der Waals surface area contributed by atoms with Gasteiger partial charge in [-0.05, 0) is 12.1 Å². The van der Waals surface area contributed by atoms with Gasteiger partial charge in [0.1, 0.15) is 0 Å². The molecule has 17 heavy (non-hydrogen) atoms. The first-order valence-electron chi connectivity index (χ1n) is 5.74. The zero-order valence-electron chi connectivity index (χ0n) is 10.3. The summed E-state index contributed by atoms with van der Waals surface area (Å²) in [5.41, 5.74) is 1.00. The Balaban J connectivity index is 2.49. The summed E-state index contributed by atoms with van der Waals surface area (Å²) in [6.45, 7) is 4.98. The highest BCUT2D eigenvalue weighted by molar-refractivity contribution is 6.31. The molecule has 0 saturated carbocycles. The van der Waals surface area contributed by atoms with Gasteiger partial charge in [-0.2, -0.15) is 0 Å². The van der Waals surface area contributed by atoms with Crippen molar-refractivity contribution in [3.63, 3.8) is 0 Å². The fourth-order valence-corrected chi connectivity index (χ4v) is 1.48. The Labute approximate surface area is 107 Å². The topological polar surface area (TPSA) is 43.4 Å². The molecule has 4 nitrogen and oxygen atoms in total. The van der Waals surface area contributed by atoms with Crippen molar-refractivity contribution < 1.29 is 9.47 Å². The molecule has 0 radical (unpaired) electrons. The van der Waals surface area contributed by atoms with Crippen LogP contribution in [0.3, 0.4) is 0 Å². The van der Waals surface area contributed by atoms with Crippen molar-refractivity contribution in [2.75, 3.05) is 26.9 Å². The zero-order valence-corrected chi connectivity index (χ0v) is 11.1. The first-order valence-corrected chi connectivity index (χ1v) is 6.12. The number of aromatic nitrogens is 1. The predicted octanol–water partition coefficient (Wildman–Crippen LogP) is 2.26. The third-order valence-corrected chi connectivity index (χ3v) is 2.56. The number of ether oxygens (including phenoxy) is 2. The first-order chi connectivity index (χ1) is 8.27. The Bertz CT molecular complexity index is 334. The molecule has 0 saturated heterocycles. The van der Waals surface area contributed by atoms with Crippen molar-refractivity contribution in [2.45, 2.75) is 19.9 Å². The van der Waals surface area contributed by atoms with E-state index in [2.05, 4.69) is 17.2 Å². The molecule has 0 spiro atoms. The van der Waals surface area contributed by atoms with Gasteiger partial charge in [0.2, 0.25) is 5.88 Å². The van der Waals surface area contributed by atoms with Crippen molar-refractivity contribution >= 4 is 11.6 Å². The molecule has 0 aliphatic carbocycles. The molecule has 96 valence electrons. The molecule has 0 aliphatic heterocycles. The number of pyridine rings is 1. The Morgan fingerprint density at radius 3 is 2.94 bits per heavy atom. The van der Waals surface area contributed by atoms with E-state index in [0.29, 0.717) is 24.1 Å². The minimum absolute atomic E-state index is 0.600. The minimum atomic E-state index is 0.600. The van der Waals surface area contributed by atoms with Gasteiger partial charge in [0.05, 0.1) is 11.6 Å². The number of rotatable bonds is 8. The van der Waals surface area contributed by atoms with Crippen LogP contribution in [0.1, 0.15) is 18.9 Å². The Morgan fingerprint density at radius 2 is 2.24 bits per heavy atom. The van der Waals surface area contributed by atoms with Gasteiger partial charge in [-0.15, -0.1) is 0 Å². The summed E-state index contributed by atoms with van der Waals surface area (Å²) >= 11 is 6.04. The molecule has 1 aromatic rings. The van der Waals surface area contributed by atoms with Crippen LogP contribution in [-0.2, 0) is 11.3 Å². The Morgan fingerprint density at radius 1 is 1.41 bits per heavy atom. The number of nitrogens with one attached hydrogen (secondary N) is 1. The molecule has 0 fully saturated rings. The number of hydrogen-bond donors (Lipinski definition) is 1. The minimum Gasteiger partial charge on any atom is -0.478 e. The third kappa shape index (κ3) is 5.35. The summed E-state index contributed by atoms with van der Waals surface area (Å²) < 4.78 is 10.5. The van der Waals surface area contributed by atoms with Crippen molar-refractivity contribution in [2.24, 2.45) is 0 Å².